The van der Waals surface area contributed by atoms with Crippen LogP contribution in [0.1, 0.15) is 0 Å². The van der Waals surface area contributed by atoms with Gasteiger partial charge in [0, 0.05) is 11.8 Å². The summed E-state index contributed by atoms with van der Waals surface area (Å²) in [6.45, 7) is 0. The van der Waals surface area contributed by atoms with E-state index in [1.807, 2.05) is 0 Å². The highest BCUT2D eigenvalue weighted by Crippen LogP contribution is 2.37. The van der Waals surface area contributed by atoms with Crippen LogP contribution in [0.15, 0.2) is 47.6 Å². The molecular formula is C20H18FN5O4S. The number of nitrogen functional groups attached to an aromatic ring is 1. The number of nitrogens with two attached hydrogens (primary N) is 1. The lowest BCUT2D eigenvalue weighted by molar-refractivity contribution is 0.355. The third-order valence-electron chi connectivity index (χ3n) is 4.59. The van der Waals surface area contributed by atoms with E-state index in [9.17, 15) is 12.8 Å². The predicted molar refractivity (Wildman–Crippen MR) is 113 cm³/mol. The number of hydrogen-bond acceptors (Lipinski definition) is 8. The number of hydrogen-bond donors (Lipinski definition) is 1. The number of fused-ring (bicyclic) bond motifs is 1. The molecule has 0 bridgehead atoms. The van der Waals surface area contributed by atoms with E-state index < -0.39 is 20.8 Å². The highest BCUT2D eigenvalue weighted by atomic mass is 32.2. The molecule has 2 aromatic heterocycles. The van der Waals surface area contributed by atoms with Gasteiger partial charge in [0.25, 0.3) is 0 Å². The van der Waals surface area contributed by atoms with Crippen LogP contribution in [-0.4, -0.2) is 48.6 Å². The normalized spacial score (nSPS) is 11.6. The molecule has 4 aromatic rings. The average molecular weight is 443 g/mol. The van der Waals surface area contributed by atoms with E-state index in [-0.39, 0.29) is 17.2 Å². The number of ether oxygens (including phenoxy) is 2. The number of methoxy groups -OCH3 is 2. The van der Waals surface area contributed by atoms with Crippen LogP contribution in [0, 0.1) is 5.82 Å². The quantitative estimate of drug-likeness (QED) is 0.467. The Hall–Kier alpha value is -3.73. The molecule has 4 rings (SSSR count). The molecule has 0 aliphatic rings. The van der Waals surface area contributed by atoms with Crippen molar-refractivity contribution in [2.24, 2.45) is 0 Å². The maximum atomic E-state index is 13.7. The highest BCUT2D eigenvalue weighted by Gasteiger charge is 2.23. The molecule has 9 nitrogen and oxygen atoms in total. The molecule has 0 saturated carbocycles. The molecule has 11 heteroatoms. The first-order valence-corrected chi connectivity index (χ1v) is 10.9. The lowest BCUT2D eigenvalue weighted by atomic mass is 10.1. The van der Waals surface area contributed by atoms with Crippen LogP contribution in [0.3, 0.4) is 0 Å². The Morgan fingerprint density at radius 2 is 1.77 bits per heavy atom. The van der Waals surface area contributed by atoms with Gasteiger partial charge in [-0.1, -0.05) is 6.07 Å². The number of halogens is 1. The van der Waals surface area contributed by atoms with Gasteiger partial charge in [-0.25, -0.2) is 22.5 Å². The van der Waals surface area contributed by atoms with Crippen molar-refractivity contribution in [2.75, 3.05) is 26.2 Å². The zero-order valence-corrected chi connectivity index (χ0v) is 17.6. The summed E-state index contributed by atoms with van der Waals surface area (Å²) in [5.74, 6) is 0.567. The molecule has 0 atom stereocenters. The lowest BCUT2D eigenvalue weighted by Gasteiger charge is -2.11. The third kappa shape index (κ3) is 3.63. The Balaban J connectivity index is 2.06. The van der Waals surface area contributed by atoms with E-state index in [2.05, 4.69) is 15.1 Å². The van der Waals surface area contributed by atoms with Crippen LogP contribution >= 0.6 is 0 Å². The topological polar surface area (TPSA) is 122 Å². The smallest absolute Gasteiger partial charge is 0.249 e. The second kappa shape index (κ2) is 7.51. The van der Waals surface area contributed by atoms with Gasteiger partial charge in [0.05, 0.1) is 31.0 Å². The predicted octanol–water partition coefficient (Wildman–Crippen LogP) is 2.62. The van der Waals surface area contributed by atoms with Crippen LogP contribution in [0.4, 0.5) is 10.2 Å². The number of nitrogens with zero attached hydrogens (tertiary/aromatic N) is 4. The van der Waals surface area contributed by atoms with Gasteiger partial charge < -0.3 is 15.2 Å². The molecule has 0 spiro atoms. The number of rotatable bonds is 5. The summed E-state index contributed by atoms with van der Waals surface area (Å²) >= 11 is 0. The third-order valence-corrected chi connectivity index (χ3v) is 5.44. The van der Waals surface area contributed by atoms with Gasteiger partial charge in [-0.15, -0.1) is 5.10 Å². The second-order valence-corrected chi connectivity index (χ2v) is 8.58. The molecule has 2 aromatic carbocycles. The van der Waals surface area contributed by atoms with Gasteiger partial charge in [0.2, 0.25) is 15.0 Å². The Morgan fingerprint density at radius 1 is 1.03 bits per heavy atom. The van der Waals surface area contributed by atoms with Gasteiger partial charge in [-0.2, -0.15) is 4.98 Å². The van der Waals surface area contributed by atoms with Crippen LogP contribution in [0.2, 0.25) is 0 Å². The maximum Gasteiger partial charge on any atom is 0.249 e. The van der Waals surface area contributed by atoms with Gasteiger partial charge in [-0.3, -0.25) is 0 Å². The molecule has 2 N–H and O–H groups in total. The van der Waals surface area contributed by atoms with Gasteiger partial charge >= 0.3 is 0 Å². The summed E-state index contributed by atoms with van der Waals surface area (Å²) in [4.78, 5) is 8.33. The molecular weight excluding hydrogens is 425 g/mol. The highest BCUT2D eigenvalue weighted by molar-refractivity contribution is 7.90. The number of aromatic nitrogens is 4. The molecule has 0 radical (unpaired) electrons. The minimum absolute atomic E-state index is 0.0574. The summed E-state index contributed by atoms with van der Waals surface area (Å²) in [7, 11) is -0.772. The van der Waals surface area contributed by atoms with Crippen molar-refractivity contribution in [2.45, 2.75) is 5.16 Å². The molecule has 0 fully saturated rings. The van der Waals surface area contributed by atoms with Crippen LogP contribution in [0.25, 0.3) is 28.0 Å². The van der Waals surface area contributed by atoms with Crippen molar-refractivity contribution < 1.29 is 22.3 Å². The van der Waals surface area contributed by atoms with E-state index in [1.54, 1.807) is 24.3 Å². The fourth-order valence-corrected chi connectivity index (χ4v) is 3.66. The van der Waals surface area contributed by atoms with Crippen LogP contribution in [0.5, 0.6) is 11.5 Å². The minimum atomic E-state index is -3.76. The van der Waals surface area contributed by atoms with E-state index >= 15 is 0 Å². The van der Waals surface area contributed by atoms with Crippen LogP contribution in [-0.2, 0) is 9.84 Å². The van der Waals surface area contributed by atoms with Gasteiger partial charge in [-0.05, 0) is 36.4 Å². The zero-order valence-electron chi connectivity index (χ0n) is 16.8. The van der Waals surface area contributed by atoms with E-state index in [0.717, 1.165) is 6.26 Å². The molecule has 2 heterocycles. The van der Waals surface area contributed by atoms with Crippen molar-refractivity contribution >= 4 is 26.7 Å². The second-order valence-electron chi connectivity index (χ2n) is 6.67. The first-order valence-electron chi connectivity index (χ1n) is 8.97. The van der Waals surface area contributed by atoms with Gasteiger partial charge in [0.1, 0.15) is 11.6 Å². The fraction of sp³-hybridized carbons (Fsp3) is 0.150. The Morgan fingerprint density at radius 3 is 2.42 bits per heavy atom. The number of benzene rings is 2. The standard InChI is InChI=1S/C20H18FN5O4S/c1-29-14-8-7-11(9-15(14)30-2)17-16-18(22)26(13-6-4-5-12(21)10-13)25-19(16)24-20(23-17)31(3,27)28/h4-10H,22H2,1-3H3. The van der Waals surface area contributed by atoms with Crippen LogP contribution < -0.4 is 15.2 Å². The van der Waals surface area contributed by atoms with E-state index in [4.69, 9.17) is 15.2 Å². The lowest BCUT2D eigenvalue weighted by Crippen LogP contribution is -2.06. The van der Waals surface area contributed by atoms with E-state index in [0.29, 0.717) is 28.1 Å². The van der Waals surface area contributed by atoms with Crippen molar-refractivity contribution in [3.63, 3.8) is 0 Å². The summed E-state index contributed by atoms with van der Waals surface area (Å²) < 4.78 is 50.0. The first-order chi connectivity index (χ1) is 14.7. The molecule has 0 aliphatic carbocycles. The molecule has 0 amide bonds. The molecule has 0 unspecified atom stereocenters. The molecule has 0 aliphatic heterocycles. The zero-order chi connectivity index (χ0) is 22.3. The Kier molecular flexibility index (Phi) is 4.97. The summed E-state index contributed by atoms with van der Waals surface area (Å²) in [6.07, 6.45) is 0.999. The van der Waals surface area contributed by atoms with E-state index in [1.165, 1.54) is 37.1 Å². The first kappa shape index (κ1) is 20.5. The maximum absolute atomic E-state index is 13.7. The van der Waals surface area contributed by atoms with Crippen molar-refractivity contribution in [3.05, 3.63) is 48.3 Å². The Bertz CT molecular complexity index is 1420. The molecule has 0 saturated heterocycles. The number of sulfone groups is 1. The molecule has 160 valence electrons. The summed E-state index contributed by atoms with van der Waals surface area (Å²) in [5.41, 5.74) is 7.51. The Labute approximate surface area is 177 Å². The summed E-state index contributed by atoms with van der Waals surface area (Å²) in [5, 5.41) is 4.23. The summed E-state index contributed by atoms with van der Waals surface area (Å²) in [6, 6.07) is 10.7. The largest absolute Gasteiger partial charge is 0.493 e. The minimum Gasteiger partial charge on any atom is -0.493 e. The van der Waals surface area contributed by atoms with Crippen molar-refractivity contribution in [3.8, 4) is 28.4 Å². The molecule has 31 heavy (non-hydrogen) atoms. The number of anilines is 1. The van der Waals surface area contributed by atoms with Gasteiger partial charge in [0.15, 0.2) is 17.1 Å². The fourth-order valence-electron chi connectivity index (χ4n) is 3.15. The van der Waals surface area contributed by atoms with Crippen molar-refractivity contribution in [1.82, 2.24) is 19.7 Å². The average Bonchev–Trinajstić information content (AvgIpc) is 3.08. The van der Waals surface area contributed by atoms with Crippen molar-refractivity contribution in [1.29, 1.82) is 0 Å². The SMILES string of the molecule is COc1ccc(-c2nc(S(C)(=O)=O)nc3nn(-c4cccc(F)c4)c(N)c23)cc1OC. The monoisotopic (exact) mass is 443 g/mol.